The SMILES string of the molecule is CCCCCCCOc1ccc(-c2cnc(-c3ccc(C[C@H](NC(=O)c4ccc(C(C)(C)C)cc4)C(=O)NC(Cc4cscn4)C(=O)O)cc3)nc2)cc1. The smallest absolute Gasteiger partial charge is 0.326 e. The molecule has 0 saturated carbocycles. The number of rotatable bonds is 18. The minimum atomic E-state index is -1.22. The quantitative estimate of drug-likeness (QED) is 0.0764. The number of nitrogens with zero attached hydrogens (tertiary/aromatic N) is 3. The van der Waals surface area contributed by atoms with Crippen LogP contribution in [0.5, 0.6) is 5.75 Å². The molecule has 2 heterocycles. The van der Waals surface area contributed by atoms with E-state index in [0.29, 0.717) is 23.7 Å². The second-order valence-electron chi connectivity index (χ2n) is 14.4. The molecule has 2 aromatic heterocycles. The molecule has 0 spiro atoms. The highest BCUT2D eigenvalue weighted by Gasteiger charge is 2.28. The van der Waals surface area contributed by atoms with Crippen molar-refractivity contribution in [2.45, 2.75) is 90.1 Å². The number of nitrogens with one attached hydrogen (secondary N) is 2. The highest BCUT2D eigenvalue weighted by Crippen LogP contribution is 2.25. The Bertz CT molecular complexity index is 1940. The Hall–Kier alpha value is -5.42. The number of hydrogen-bond donors (Lipinski definition) is 3. The molecule has 2 atom stereocenters. The van der Waals surface area contributed by atoms with Gasteiger partial charge in [-0.3, -0.25) is 9.59 Å². The van der Waals surface area contributed by atoms with Crippen molar-refractivity contribution < 1.29 is 24.2 Å². The highest BCUT2D eigenvalue weighted by molar-refractivity contribution is 7.07. The Morgan fingerprint density at radius 2 is 1.43 bits per heavy atom. The monoisotopic (exact) mass is 747 g/mol. The Morgan fingerprint density at radius 1 is 0.759 bits per heavy atom. The van der Waals surface area contributed by atoms with Gasteiger partial charge in [0.25, 0.3) is 5.91 Å². The van der Waals surface area contributed by atoms with E-state index in [1.54, 1.807) is 35.4 Å². The number of carboxylic acids is 1. The standard InChI is InChI=1S/C43H49N5O5S/c1-5-6-7-8-9-22-53-36-20-16-30(17-21-36)33-25-44-39(45-26-33)31-12-10-29(11-13-31)23-37(41(50)48-38(42(51)52)24-35-27-54-28-46-35)47-40(49)32-14-18-34(19-15-32)43(2,3)4/h10-21,25-28,37-38H,5-9,22-24H2,1-4H3,(H,47,49)(H,48,50)(H,51,52)/t37-,38?/m0/s1. The van der Waals surface area contributed by atoms with Gasteiger partial charge < -0.3 is 20.5 Å². The lowest BCUT2D eigenvalue weighted by atomic mass is 9.86. The molecule has 5 rings (SSSR count). The molecule has 3 N–H and O–H groups in total. The molecule has 0 aliphatic rings. The van der Waals surface area contributed by atoms with Crippen LogP contribution in [0.25, 0.3) is 22.5 Å². The van der Waals surface area contributed by atoms with E-state index in [2.05, 4.69) is 53.3 Å². The number of ether oxygens (including phenoxy) is 1. The number of benzene rings is 3. The lowest BCUT2D eigenvalue weighted by molar-refractivity contribution is -0.142. The van der Waals surface area contributed by atoms with Gasteiger partial charge in [-0.1, -0.05) is 102 Å². The maximum absolute atomic E-state index is 13.7. The molecule has 11 heteroatoms. The van der Waals surface area contributed by atoms with Gasteiger partial charge >= 0.3 is 5.97 Å². The van der Waals surface area contributed by atoms with Crippen LogP contribution in [0, 0.1) is 0 Å². The fraction of sp³-hybridized carbons (Fsp3) is 0.349. The van der Waals surface area contributed by atoms with Crippen LogP contribution < -0.4 is 15.4 Å². The van der Waals surface area contributed by atoms with Crippen LogP contribution in [-0.4, -0.2) is 56.5 Å². The normalized spacial score (nSPS) is 12.4. The predicted molar refractivity (Wildman–Crippen MR) is 213 cm³/mol. The summed E-state index contributed by atoms with van der Waals surface area (Å²) in [6.45, 7) is 9.20. The third-order valence-electron chi connectivity index (χ3n) is 9.15. The summed E-state index contributed by atoms with van der Waals surface area (Å²) in [5.74, 6) is -0.849. The molecule has 3 aromatic carbocycles. The molecule has 2 amide bonds. The van der Waals surface area contributed by atoms with Gasteiger partial charge in [0.05, 0.1) is 17.8 Å². The summed E-state index contributed by atoms with van der Waals surface area (Å²) in [6, 6.07) is 20.4. The van der Waals surface area contributed by atoms with Crippen LogP contribution in [0.4, 0.5) is 0 Å². The van der Waals surface area contributed by atoms with E-state index in [4.69, 9.17) is 4.74 Å². The van der Waals surface area contributed by atoms with Crippen LogP contribution in [-0.2, 0) is 27.8 Å². The van der Waals surface area contributed by atoms with Crippen molar-refractivity contribution in [3.63, 3.8) is 0 Å². The number of aliphatic carboxylic acids is 1. The second kappa shape index (κ2) is 19.1. The van der Waals surface area contributed by atoms with Gasteiger partial charge in [0.1, 0.15) is 17.8 Å². The number of hydrogen-bond acceptors (Lipinski definition) is 8. The molecule has 0 saturated heterocycles. The summed E-state index contributed by atoms with van der Waals surface area (Å²) in [4.78, 5) is 52.6. The summed E-state index contributed by atoms with van der Waals surface area (Å²) in [5, 5.41) is 17.1. The van der Waals surface area contributed by atoms with E-state index in [0.717, 1.165) is 40.0 Å². The molecular formula is C43H49N5O5S. The number of carboxylic acid groups (broad SMARTS) is 1. The first kappa shape index (κ1) is 39.8. The van der Waals surface area contributed by atoms with E-state index in [9.17, 15) is 19.5 Å². The predicted octanol–water partition coefficient (Wildman–Crippen LogP) is 8.07. The van der Waals surface area contributed by atoms with Gasteiger partial charge in [0.2, 0.25) is 5.91 Å². The third-order valence-corrected chi connectivity index (χ3v) is 9.79. The molecule has 1 unspecified atom stereocenters. The minimum Gasteiger partial charge on any atom is -0.494 e. The van der Waals surface area contributed by atoms with Gasteiger partial charge in [0.15, 0.2) is 5.82 Å². The number of carbonyl (C=O) groups excluding carboxylic acids is 2. The number of carbonyl (C=O) groups is 3. The number of unbranched alkanes of at least 4 members (excludes halogenated alkanes) is 4. The summed E-state index contributed by atoms with van der Waals surface area (Å²) in [5.41, 5.74) is 6.96. The van der Waals surface area contributed by atoms with Crippen LogP contribution in [0.15, 0.2) is 96.1 Å². The van der Waals surface area contributed by atoms with Crippen molar-refractivity contribution in [3.8, 4) is 28.3 Å². The van der Waals surface area contributed by atoms with Crippen LogP contribution in [0.3, 0.4) is 0 Å². The van der Waals surface area contributed by atoms with Crippen LogP contribution in [0.1, 0.15) is 87.0 Å². The van der Waals surface area contributed by atoms with Crippen LogP contribution >= 0.6 is 11.3 Å². The molecule has 0 aliphatic heterocycles. The number of thiazole rings is 1. The van der Waals surface area contributed by atoms with E-state index in [1.807, 2.05) is 60.7 Å². The number of aromatic nitrogens is 3. The van der Waals surface area contributed by atoms with Crippen molar-refractivity contribution in [1.29, 1.82) is 0 Å². The summed E-state index contributed by atoms with van der Waals surface area (Å²) >= 11 is 1.35. The fourth-order valence-electron chi connectivity index (χ4n) is 5.88. The Kier molecular flexibility index (Phi) is 14.0. The average Bonchev–Trinajstić information content (AvgIpc) is 3.69. The molecule has 0 bridgehead atoms. The van der Waals surface area contributed by atoms with E-state index >= 15 is 0 Å². The molecule has 0 aliphatic carbocycles. The van der Waals surface area contributed by atoms with Crippen molar-refractivity contribution in [3.05, 3.63) is 118 Å². The third kappa shape index (κ3) is 11.5. The first-order valence-corrected chi connectivity index (χ1v) is 19.4. The molecule has 282 valence electrons. The Labute approximate surface area is 321 Å². The molecule has 10 nitrogen and oxygen atoms in total. The summed E-state index contributed by atoms with van der Waals surface area (Å²) in [6.07, 6.45) is 9.70. The van der Waals surface area contributed by atoms with Gasteiger partial charge in [-0.15, -0.1) is 11.3 Å². The molecule has 5 aromatic rings. The van der Waals surface area contributed by atoms with Crippen molar-refractivity contribution in [1.82, 2.24) is 25.6 Å². The molecular weight excluding hydrogens is 699 g/mol. The minimum absolute atomic E-state index is 0.0198. The largest absolute Gasteiger partial charge is 0.494 e. The van der Waals surface area contributed by atoms with Gasteiger partial charge in [-0.05, 0) is 52.8 Å². The van der Waals surface area contributed by atoms with Crippen molar-refractivity contribution in [2.75, 3.05) is 6.61 Å². The first-order valence-electron chi connectivity index (χ1n) is 18.5. The lowest BCUT2D eigenvalue weighted by Gasteiger charge is -2.22. The second-order valence-corrected chi connectivity index (χ2v) is 15.1. The number of amides is 2. The zero-order valence-electron chi connectivity index (χ0n) is 31.4. The fourth-order valence-corrected chi connectivity index (χ4v) is 6.45. The first-order chi connectivity index (χ1) is 26.0. The van der Waals surface area contributed by atoms with Gasteiger partial charge in [-0.2, -0.15) is 0 Å². The maximum atomic E-state index is 13.7. The highest BCUT2D eigenvalue weighted by atomic mass is 32.1. The summed E-state index contributed by atoms with van der Waals surface area (Å²) in [7, 11) is 0. The van der Waals surface area contributed by atoms with Crippen molar-refractivity contribution in [2.24, 2.45) is 0 Å². The Balaban J connectivity index is 1.25. The molecule has 0 radical (unpaired) electrons. The van der Waals surface area contributed by atoms with E-state index in [-0.39, 0.29) is 18.3 Å². The maximum Gasteiger partial charge on any atom is 0.326 e. The van der Waals surface area contributed by atoms with Crippen LogP contribution in [0.2, 0.25) is 0 Å². The van der Waals surface area contributed by atoms with Gasteiger partial charge in [0, 0.05) is 47.3 Å². The molecule has 0 fully saturated rings. The summed E-state index contributed by atoms with van der Waals surface area (Å²) < 4.78 is 5.90. The van der Waals surface area contributed by atoms with Gasteiger partial charge in [-0.25, -0.2) is 19.7 Å². The van der Waals surface area contributed by atoms with Crippen molar-refractivity contribution >= 4 is 29.1 Å². The van der Waals surface area contributed by atoms with E-state index in [1.165, 1.54) is 37.0 Å². The average molecular weight is 748 g/mol. The Morgan fingerprint density at radius 3 is 2.04 bits per heavy atom. The van der Waals surface area contributed by atoms with E-state index < -0.39 is 29.9 Å². The zero-order valence-corrected chi connectivity index (χ0v) is 32.2. The molecule has 54 heavy (non-hydrogen) atoms. The topological polar surface area (TPSA) is 143 Å². The lowest BCUT2D eigenvalue weighted by Crippen LogP contribution is -2.53. The zero-order chi connectivity index (χ0) is 38.5.